The number of morpholine rings is 1. The minimum atomic E-state index is 0.214. The average Bonchev–Trinajstić information content (AvgIpc) is 3.46. The van der Waals surface area contributed by atoms with Crippen molar-refractivity contribution in [3.8, 4) is 6.07 Å². The molecule has 5 rings (SSSR count). The standard InChI is InChI=1S/C21H25N5O/c22-12-15-1-6-19-18(11-15)20(24-14-23-19)25-16-2-4-17(5-3-16)26-9-10-27-21(13-26)7-8-21/h1,6,11,14,16-17H,2-5,7-10,13H2,(H,23,24,25). The molecule has 1 N–H and O–H groups in total. The predicted octanol–water partition coefficient (Wildman–Crippen LogP) is 3.09. The van der Waals surface area contributed by atoms with Crippen LogP contribution in [0.3, 0.4) is 0 Å². The number of rotatable bonds is 3. The summed E-state index contributed by atoms with van der Waals surface area (Å²) >= 11 is 0. The molecule has 3 fully saturated rings. The molecule has 0 atom stereocenters. The minimum absolute atomic E-state index is 0.214. The number of nitrogens with one attached hydrogen (secondary N) is 1. The number of anilines is 1. The molecule has 2 aromatic rings. The van der Waals surface area contributed by atoms with E-state index in [2.05, 4.69) is 26.3 Å². The van der Waals surface area contributed by atoms with Crippen LogP contribution in [0.15, 0.2) is 24.5 Å². The first kappa shape index (κ1) is 16.9. The van der Waals surface area contributed by atoms with Gasteiger partial charge in [-0.1, -0.05) is 0 Å². The summed E-state index contributed by atoms with van der Waals surface area (Å²) in [5.74, 6) is 0.851. The molecular weight excluding hydrogens is 338 g/mol. The molecule has 1 spiro atoms. The van der Waals surface area contributed by atoms with Crippen LogP contribution in [0, 0.1) is 11.3 Å². The lowest BCUT2D eigenvalue weighted by Crippen LogP contribution is -2.50. The third-order valence-electron chi connectivity index (χ3n) is 6.40. The highest BCUT2D eigenvalue weighted by Crippen LogP contribution is 2.43. The normalized spacial score (nSPS) is 27.4. The van der Waals surface area contributed by atoms with Crippen molar-refractivity contribution in [2.45, 2.75) is 56.2 Å². The van der Waals surface area contributed by atoms with Gasteiger partial charge >= 0.3 is 0 Å². The van der Waals surface area contributed by atoms with E-state index in [9.17, 15) is 5.26 Å². The third kappa shape index (κ3) is 3.38. The second-order valence-electron chi connectivity index (χ2n) is 8.22. The number of hydrogen-bond acceptors (Lipinski definition) is 6. The minimum Gasteiger partial charge on any atom is -0.372 e. The summed E-state index contributed by atoms with van der Waals surface area (Å²) < 4.78 is 5.97. The van der Waals surface area contributed by atoms with Crippen molar-refractivity contribution in [2.75, 3.05) is 25.0 Å². The Labute approximate surface area is 159 Å². The lowest BCUT2D eigenvalue weighted by Gasteiger charge is -2.41. The largest absolute Gasteiger partial charge is 0.372 e. The lowest BCUT2D eigenvalue weighted by atomic mass is 9.89. The number of ether oxygens (including phenoxy) is 1. The zero-order valence-corrected chi connectivity index (χ0v) is 15.5. The Morgan fingerprint density at radius 3 is 2.81 bits per heavy atom. The Bertz CT molecular complexity index is 880. The summed E-state index contributed by atoms with van der Waals surface area (Å²) in [5, 5.41) is 13.7. The molecule has 6 heteroatoms. The van der Waals surface area contributed by atoms with Crippen LogP contribution in [0.5, 0.6) is 0 Å². The molecule has 1 aliphatic heterocycles. The molecule has 0 radical (unpaired) electrons. The van der Waals surface area contributed by atoms with Crippen LogP contribution in [0.4, 0.5) is 5.82 Å². The monoisotopic (exact) mass is 363 g/mol. The fourth-order valence-corrected chi connectivity index (χ4v) is 4.65. The first-order valence-electron chi connectivity index (χ1n) is 10.0. The molecule has 1 aromatic carbocycles. The second kappa shape index (κ2) is 6.74. The van der Waals surface area contributed by atoms with Gasteiger partial charge in [0.15, 0.2) is 0 Å². The first-order chi connectivity index (χ1) is 13.2. The van der Waals surface area contributed by atoms with Gasteiger partial charge in [-0.05, 0) is 56.7 Å². The van der Waals surface area contributed by atoms with Gasteiger partial charge in [0.25, 0.3) is 0 Å². The topological polar surface area (TPSA) is 74.1 Å². The average molecular weight is 363 g/mol. The van der Waals surface area contributed by atoms with Gasteiger partial charge in [0, 0.05) is 30.6 Å². The summed E-state index contributed by atoms with van der Waals surface area (Å²) in [7, 11) is 0. The van der Waals surface area contributed by atoms with Crippen molar-refractivity contribution in [3.63, 3.8) is 0 Å². The van der Waals surface area contributed by atoms with Gasteiger partial charge in [-0.15, -0.1) is 0 Å². The molecule has 0 unspecified atom stereocenters. The van der Waals surface area contributed by atoms with E-state index in [-0.39, 0.29) is 5.60 Å². The van der Waals surface area contributed by atoms with Gasteiger partial charge in [-0.3, -0.25) is 4.90 Å². The van der Waals surface area contributed by atoms with Crippen molar-refractivity contribution >= 4 is 16.7 Å². The Balaban J connectivity index is 1.24. The molecular formula is C21H25N5O. The number of hydrogen-bond donors (Lipinski definition) is 1. The highest BCUT2D eigenvalue weighted by atomic mass is 16.5. The van der Waals surface area contributed by atoms with Crippen LogP contribution in [0.2, 0.25) is 0 Å². The second-order valence-corrected chi connectivity index (χ2v) is 8.22. The molecule has 0 bridgehead atoms. The van der Waals surface area contributed by atoms with Crippen LogP contribution in [-0.4, -0.2) is 52.2 Å². The molecule has 27 heavy (non-hydrogen) atoms. The lowest BCUT2D eigenvalue weighted by molar-refractivity contribution is -0.0643. The van der Waals surface area contributed by atoms with E-state index >= 15 is 0 Å². The van der Waals surface area contributed by atoms with Crippen LogP contribution < -0.4 is 5.32 Å². The van der Waals surface area contributed by atoms with E-state index in [1.54, 1.807) is 12.4 Å². The maximum atomic E-state index is 9.18. The van der Waals surface area contributed by atoms with Gasteiger partial charge in [0.05, 0.1) is 29.4 Å². The smallest absolute Gasteiger partial charge is 0.137 e. The van der Waals surface area contributed by atoms with E-state index in [1.165, 1.54) is 25.7 Å². The number of nitrogens with zero attached hydrogens (tertiary/aromatic N) is 4. The quantitative estimate of drug-likeness (QED) is 0.903. The summed E-state index contributed by atoms with van der Waals surface area (Å²) in [6, 6.07) is 8.91. The Hall–Kier alpha value is -2.23. The summed E-state index contributed by atoms with van der Waals surface area (Å²) in [6.07, 6.45) is 8.83. The van der Waals surface area contributed by atoms with Crippen LogP contribution in [-0.2, 0) is 4.74 Å². The number of fused-ring (bicyclic) bond motifs is 1. The van der Waals surface area contributed by atoms with Gasteiger partial charge in [-0.2, -0.15) is 5.26 Å². The predicted molar refractivity (Wildman–Crippen MR) is 103 cm³/mol. The van der Waals surface area contributed by atoms with E-state index in [4.69, 9.17) is 4.74 Å². The van der Waals surface area contributed by atoms with Crippen LogP contribution >= 0.6 is 0 Å². The van der Waals surface area contributed by atoms with Gasteiger partial charge in [0.2, 0.25) is 0 Å². The van der Waals surface area contributed by atoms with Gasteiger partial charge in [0.1, 0.15) is 12.1 Å². The molecule has 3 aliphatic rings. The summed E-state index contributed by atoms with van der Waals surface area (Å²) in [6.45, 7) is 3.10. The zero-order chi connectivity index (χ0) is 18.3. The van der Waals surface area contributed by atoms with Crippen molar-refractivity contribution in [1.82, 2.24) is 14.9 Å². The molecule has 2 aliphatic carbocycles. The zero-order valence-electron chi connectivity index (χ0n) is 15.5. The van der Waals surface area contributed by atoms with Gasteiger partial charge < -0.3 is 10.1 Å². The summed E-state index contributed by atoms with van der Waals surface area (Å²) in [5.41, 5.74) is 1.74. The van der Waals surface area contributed by atoms with E-state index in [0.29, 0.717) is 17.6 Å². The van der Waals surface area contributed by atoms with Crippen molar-refractivity contribution < 1.29 is 4.74 Å². The highest BCUT2D eigenvalue weighted by molar-refractivity contribution is 5.89. The molecule has 6 nitrogen and oxygen atoms in total. The molecule has 1 saturated heterocycles. The van der Waals surface area contributed by atoms with E-state index in [0.717, 1.165) is 49.3 Å². The maximum absolute atomic E-state index is 9.18. The van der Waals surface area contributed by atoms with Crippen molar-refractivity contribution in [3.05, 3.63) is 30.1 Å². The highest BCUT2D eigenvalue weighted by Gasteiger charge is 2.48. The fraction of sp³-hybridized carbons (Fsp3) is 0.571. The van der Waals surface area contributed by atoms with E-state index < -0.39 is 0 Å². The van der Waals surface area contributed by atoms with Crippen molar-refractivity contribution in [1.29, 1.82) is 5.26 Å². The maximum Gasteiger partial charge on any atom is 0.137 e. The first-order valence-corrected chi connectivity index (χ1v) is 10.0. The Morgan fingerprint density at radius 1 is 1.19 bits per heavy atom. The molecule has 1 aromatic heterocycles. The van der Waals surface area contributed by atoms with Gasteiger partial charge in [-0.25, -0.2) is 9.97 Å². The number of benzene rings is 1. The van der Waals surface area contributed by atoms with Crippen LogP contribution in [0.25, 0.3) is 10.9 Å². The fourth-order valence-electron chi connectivity index (χ4n) is 4.65. The molecule has 140 valence electrons. The Morgan fingerprint density at radius 2 is 2.04 bits per heavy atom. The van der Waals surface area contributed by atoms with Crippen LogP contribution in [0.1, 0.15) is 44.1 Å². The summed E-state index contributed by atoms with van der Waals surface area (Å²) in [4.78, 5) is 11.5. The Kier molecular flexibility index (Phi) is 4.22. The molecule has 2 saturated carbocycles. The molecule has 2 heterocycles. The number of aromatic nitrogens is 2. The molecule has 0 amide bonds. The van der Waals surface area contributed by atoms with E-state index in [1.807, 2.05) is 12.1 Å². The van der Waals surface area contributed by atoms with Crippen molar-refractivity contribution in [2.24, 2.45) is 0 Å². The SMILES string of the molecule is N#Cc1ccc2ncnc(NC3CCC(N4CCOC5(CC5)C4)CC3)c2c1. The third-order valence-corrected chi connectivity index (χ3v) is 6.40. The number of nitriles is 1.